The first-order valence-electron chi connectivity index (χ1n) is 12.0. The molecule has 3 aromatic rings. The van der Waals surface area contributed by atoms with Crippen molar-refractivity contribution in [1.82, 2.24) is 25.4 Å². The predicted molar refractivity (Wildman–Crippen MR) is 135 cm³/mol. The molecule has 2 N–H and O–H groups in total. The van der Waals surface area contributed by atoms with Crippen molar-refractivity contribution in [2.24, 2.45) is 4.99 Å². The van der Waals surface area contributed by atoms with Gasteiger partial charge in [-0.25, -0.2) is 0 Å². The number of carbonyl (C=O) groups is 1. The number of amides is 1. The van der Waals surface area contributed by atoms with Gasteiger partial charge in [-0.15, -0.1) is 0 Å². The minimum Gasteiger partial charge on any atom is -0.319 e. The third-order valence-corrected chi connectivity index (χ3v) is 6.41. The van der Waals surface area contributed by atoms with E-state index in [2.05, 4.69) is 42.5 Å². The van der Waals surface area contributed by atoms with Crippen LogP contribution in [0.25, 0.3) is 22.0 Å². The van der Waals surface area contributed by atoms with Gasteiger partial charge in [-0.1, -0.05) is 18.6 Å². The van der Waals surface area contributed by atoms with E-state index < -0.39 is 0 Å². The predicted octanol–water partition coefficient (Wildman–Crippen LogP) is 4.99. The maximum atomic E-state index is 13.1. The van der Waals surface area contributed by atoms with Crippen LogP contribution in [-0.2, 0) is 6.54 Å². The van der Waals surface area contributed by atoms with Crippen LogP contribution in [0.1, 0.15) is 55.1 Å². The minimum absolute atomic E-state index is 0.260. The van der Waals surface area contributed by atoms with Gasteiger partial charge in [0.2, 0.25) is 0 Å². The number of fused-ring (bicyclic) bond motifs is 1. The van der Waals surface area contributed by atoms with Crippen molar-refractivity contribution in [3.05, 3.63) is 72.0 Å². The molecule has 7 nitrogen and oxygen atoms in total. The Kier molecular flexibility index (Phi) is 6.62. The van der Waals surface area contributed by atoms with E-state index >= 15 is 0 Å². The Morgan fingerprint density at radius 1 is 1.12 bits per heavy atom. The molecule has 0 bridgehead atoms. The minimum atomic E-state index is -0.260. The second-order valence-electron chi connectivity index (χ2n) is 9.10. The number of H-pyrrole nitrogens is 1. The van der Waals surface area contributed by atoms with Crippen molar-refractivity contribution in [3.8, 4) is 11.1 Å². The number of carbonyl (C=O) groups excluding carboxylic acids is 1. The van der Waals surface area contributed by atoms with E-state index in [9.17, 15) is 4.79 Å². The average Bonchev–Trinajstić information content (AvgIpc) is 3.28. The number of allylic oxidation sites excluding steroid dienone is 2. The Bertz CT molecular complexity index is 1280. The van der Waals surface area contributed by atoms with Gasteiger partial charge in [0.25, 0.3) is 5.91 Å². The molecule has 34 heavy (non-hydrogen) atoms. The van der Waals surface area contributed by atoms with Crippen LogP contribution in [0.15, 0.2) is 65.7 Å². The first-order valence-corrected chi connectivity index (χ1v) is 12.0. The number of nitrogens with zero attached hydrogens (tertiary/aromatic N) is 4. The molecule has 1 fully saturated rings. The van der Waals surface area contributed by atoms with Crippen LogP contribution in [0, 0.1) is 0 Å². The molecule has 1 aromatic carbocycles. The van der Waals surface area contributed by atoms with Crippen molar-refractivity contribution in [2.45, 2.75) is 45.6 Å². The number of benzene rings is 1. The summed E-state index contributed by atoms with van der Waals surface area (Å²) in [5, 5.41) is 11.0. The van der Waals surface area contributed by atoms with E-state index in [-0.39, 0.29) is 5.91 Å². The fourth-order valence-electron chi connectivity index (χ4n) is 4.53. The molecule has 0 unspecified atom stereocenters. The number of aromatic amines is 1. The number of rotatable bonds is 5. The summed E-state index contributed by atoms with van der Waals surface area (Å²) in [6.45, 7) is 5.22. The van der Waals surface area contributed by atoms with Gasteiger partial charge in [-0.3, -0.25) is 24.8 Å². The largest absolute Gasteiger partial charge is 0.319 e. The highest BCUT2D eigenvalue weighted by atomic mass is 16.2. The Balaban J connectivity index is 1.39. The Hall–Kier alpha value is -3.58. The standard InChI is InChI=1S/C27H30N6O/c1-19-7-3-4-8-23(17-29-19)30-27(34)26-24-14-21(9-10-25(24)31-32-26)22-13-20(15-28-16-22)18-33-11-5-2-6-12-33/h4,8-10,13-17H,2-3,5-7,11-12,18H2,1H3,(H,30,34)(H,31,32)/b8-4-,23-17+,29-19?. The molecular formula is C27H30N6O. The van der Waals surface area contributed by atoms with Gasteiger partial charge in [0.05, 0.1) is 17.4 Å². The quantitative estimate of drug-likeness (QED) is 0.568. The van der Waals surface area contributed by atoms with Crippen LogP contribution in [0.4, 0.5) is 0 Å². The number of piperidine rings is 1. The highest BCUT2D eigenvalue weighted by Crippen LogP contribution is 2.26. The lowest BCUT2D eigenvalue weighted by molar-refractivity contribution is 0.0963. The summed E-state index contributed by atoms with van der Waals surface area (Å²) in [4.78, 5) is 24.5. The van der Waals surface area contributed by atoms with E-state index in [1.54, 1.807) is 6.20 Å². The highest BCUT2D eigenvalue weighted by molar-refractivity contribution is 6.06. The Morgan fingerprint density at radius 2 is 2.00 bits per heavy atom. The molecule has 0 aliphatic carbocycles. The fourth-order valence-corrected chi connectivity index (χ4v) is 4.53. The maximum absolute atomic E-state index is 13.1. The molecule has 0 saturated carbocycles. The summed E-state index contributed by atoms with van der Waals surface area (Å²) in [5.41, 5.74) is 6.16. The van der Waals surface area contributed by atoms with Gasteiger partial charge >= 0.3 is 0 Å². The van der Waals surface area contributed by atoms with E-state index in [4.69, 9.17) is 0 Å². The molecule has 174 valence electrons. The molecular weight excluding hydrogens is 424 g/mol. The van der Waals surface area contributed by atoms with Gasteiger partial charge < -0.3 is 5.32 Å². The molecule has 1 amide bonds. The number of aromatic nitrogens is 3. The lowest BCUT2D eigenvalue weighted by atomic mass is 10.0. The average molecular weight is 455 g/mol. The number of hydrogen-bond donors (Lipinski definition) is 2. The zero-order valence-electron chi connectivity index (χ0n) is 19.6. The molecule has 7 heteroatoms. The van der Waals surface area contributed by atoms with Crippen LogP contribution in [-0.4, -0.2) is 44.8 Å². The van der Waals surface area contributed by atoms with Gasteiger partial charge in [0.1, 0.15) is 0 Å². The molecule has 2 aromatic heterocycles. The monoisotopic (exact) mass is 454 g/mol. The zero-order valence-corrected chi connectivity index (χ0v) is 19.6. The molecule has 2 aliphatic heterocycles. The second kappa shape index (κ2) is 10.1. The first kappa shape index (κ1) is 22.2. The molecule has 1 saturated heterocycles. The molecule has 0 spiro atoms. The maximum Gasteiger partial charge on any atom is 0.276 e. The summed E-state index contributed by atoms with van der Waals surface area (Å²) in [7, 11) is 0. The third kappa shape index (κ3) is 5.15. The number of aliphatic imine (C=N–C) groups is 1. The van der Waals surface area contributed by atoms with E-state index in [0.29, 0.717) is 11.4 Å². The molecule has 5 rings (SSSR count). The molecule has 0 radical (unpaired) electrons. The van der Waals surface area contributed by atoms with E-state index in [0.717, 1.165) is 60.2 Å². The lowest BCUT2D eigenvalue weighted by Gasteiger charge is -2.26. The topological polar surface area (TPSA) is 86.3 Å². The number of hydrogen-bond acceptors (Lipinski definition) is 5. The molecule has 4 heterocycles. The summed E-state index contributed by atoms with van der Waals surface area (Å²) < 4.78 is 0. The van der Waals surface area contributed by atoms with Crippen LogP contribution in [0.3, 0.4) is 0 Å². The van der Waals surface area contributed by atoms with Gasteiger partial charge in [0, 0.05) is 35.6 Å². The Morgan fingerprint density at radius 3 is 2.88 bits per heavy atom. The Labute approximate surface area is 199 Å². The van der Waals surface area contributed by atoms with Crippen molar-refractivity contribution < 1.29 is 4.79 Å². The van der Waals surface area contributed by atoms with Crippen molar-refractivity contribution in [2.75, 3.05) is 13.1 Å². The zero-order chi connectivity index (χ0) is 23.3. The van der Waals surface area contributed by atoms with Crippen LogP contribution < -0.4 is 5.32 Å². The summed E-state index contributed by atoms with van der Waals surface area (Å²) in [5.74, 6) is -0.260. The van der Waals surface area contributed by atoms with Gasteiger partial charge in [-0.05, 0) is 81.1 Å². The number of pyridine rings is 1. The number of nitrogens with one attached hydrogen (secondary N) is 2. The lowest BCUT2D eigenvalue weighted by Crippen LogP contribution is -2.29. The third-order valence-electron chi connectivity index (χ3n) is 6.41. The highest BCUT2D eigenvalue weighted by Gasteiger charge is 2.16. The fraction of sp³-hybridized carbons (Fsp3) is 0.333. The van der Waals surface area contributed by atoms with E-state index in [1.165, 1.54) is 24.8 Å². The van der Waals surface area contributed by atoms with Crippen LogP contribution >= 0.6 is 0 Å². The summed E-state index contributed by atoms with van der Waals surface area (Å²) in [6, 6.07) is 8.23. The first-order chi connectivity index (χ1) is 16.7. The normalized spacial score (nSPS) is 19.6. The summed E-state index contributed by atoms with van der Waals surface area (Å²) in [6.07, 6.45) is 15.2. The summed E-state index contributed by atoms with van der Waals surface area (Å²) >= 11 is 0. The smallest absolute Gasteiger partial charge is 0.276 e. The second-order valence-corrected chi connectivity index (χ2v) is 9.10. The van der Waals surface area contributed by atoms with Crippen LogP contribution in [0.5, 0.6) is 0 Å². The van der Waals surface area contributed by atoms with Gasteiger partial charge in [-0.2, -0.15) is 5.10 Å². The van der Waals surface area contributed by atoms with E-state index in [1.807, 2.05) is 43.6 Å². The SMILES string of the molecule is CC1=N/C=C(NC(=O)c2n[nH]c3ccc(-c4cncc(CN5CCCCC5)c4)cc23)\C=C/CC1. The molecule has 0 atom stereocenters. The van der Waals surface area contributed by atoms with Gasteiger partial charge in [0.15, 0.2) is 5.69 Å². The van der Waals surface area contributed by atoms with Crippen molar-refractivity contribution >= 4 is 22.5 Å². The molecule has 2 aliphatic rings. The van der Waals surface area contributed by atoms with Crippen molar-refractivity contribution in [1.29, 1.82) is 0 Å². The number of likely N-dealkylation sites (tertiary alicyclic amines) is 1. The van der Waals surface area contributed by atoms with Crippen LogP contribution in [0.2, 0.25) is 0 Å². The van der Waals surface area contributed by atoms with Crippen molar-refractivity contribution in [3.63, 3.8) is 0 Å².